The SMILES string of the molecule is CC(C)(C(=O)/C=C/c1ccc2c(c1)OCO2)C(=O)/C=C/c1ccc2c(c1)OCO2. The number of carbonyl (C=O) groups is 2. The molecule has 2 aromatic carbocycles. The van der Waals surface area contributed by atoms with Crippen LogP contribution in [0.4, 0.5) is 0 Å². The second-order valence-corrected chi connectivity index (χ2v) is 7.25. The largest absolute Gasteiger partial charge is 0.454 e. The lowest BCUT2D eigenvalue weighted by atomic mass is 9.82. The first-order valence-electron chi connectivity index (χ1n) is 9.18. The molecular weight excluding hydrogens is 372 g/mol. The number of rotatable bonds is 6. The van der Waals surface area contributed by atoms with Gasteiger partial charge in [0.25, 0.3) is 0 Å². The molecule has 2 aliphatic rings. The number of allylic oxidation sites excluding steroid dienone is 2. The van der Waals surface area contributed by atoms with E-state index in [0.717, 1.165) is 11.1 Å². The Morgan fingerprint density at radius 1 is 0.724 bits per heavy atom. The number of ether oxygens (including phenoxy) is 4. The zero-order valence-corrected chi connectivity index (χ0v) is 16.1. The van der Waals surface area contributed by atoms with Crippen LogP contribution >= 0.6 is 0 Å². The number of hydrogen-bond donors (Lipinski definition) is 0. The number of hydrogen-bond acceptors (Lipinski definition) is 6. The molecular formula is C23H20O6. The summed E-state index contributed by atoms with van der Waals surface area (Å²) in [5, 5.41) is 0. The second-order valence-electron chi connectivity index (χ2n) is 7.25. The van der Waals surface area contributed by atoms with Crippen molar-refractivity contribution < 1.29 is 28.5 Å². The molecule has 0 fully saturated rings. The van der Waals surface area contributed by atoms with Crippen molar-refractivity contribution in [1.29, 1.82) is 0 Å². The summed E-state index contributed by atoms with van der Waals surface area (Å²) in [4.78, 5) is 25.3. The Morgan fingerprint density at radius 3 is 1.59 bits per heavy atom. The lowest BCUT2D eigenvalue weighted by Gasteiger charge is -2.17. The molecule has 0 saturated heterocycles. The molecule has 0 spiro atoms. The predicted molar refractivity (Wildman–Crippen MR) is 107 cm³/mol. The van der Waals surface area contributed by atoms with Crippen LogP contribution in [0.25, 0.3) is 12.2 Å². The second kappa shape index (κ2) is 7.47. The third-order valence-corrected chi connectivity index (χ3v) is 4.88. The van der Waals surface area contributed by atoms with Crippen molar-refractivity contribution in [3.8, 4) is 23.0 Å². The van der Waals surface area contributed by atoms with Crippen molar-refractivity contribution in [3.63, 3.8) is 0 Å². The highest BCUT2D eigenvalue weighted by atomic mass is 16.7. The molecule has 2 aromatic rings. The minimum atomic E-state index is -1.18. The topological polar surface area (TPSA) is 71.1 Å². The standard InChI is InChI=1S/C23H20O6/c1-23(2,21(24)9-5-15-3-7-17-19(11-15)28-13-26-17)22(25)10-6-16-4-8-18-20(12-16)29-14-27-18/h3-12H,13-14H2,1-2H3/b9-5+,10-6+. The van der Waals surface area contributed by atoms with Gasteiger partial charge in [0, 0.05) is 0 Å². The molecule has 29 heavy (non-hydrogen) atoms. The van der Waals surface area contributed by atoms with Crippen LogP contribution in [0.1, 0.15) is 25.0 Å². The Bertz CT molecular complexity index is 950. The third-order valence-electron chi connectivity index (χ3n) is 4.88. The van der Waals surface area contributed by atoms with Gasteiger partial charge in [-0.25, -0.2) is 0 Å². The Morgan fingerprint density at radius 2 is 1.14 bits per heavy atom. The maximum atomic E-state index is 12.6. The first kappa shape index (κ1) is 18.8. The minimum Gasteiger partial charge on any atom is -0.454 e. The average Bonchev–Trinajstić information content (AvgIpc) is 3.38. The van der Waals surface area contributed by atoms with Gasteiger partial charge in [-0.3, -0.25) is 9.59 Å². The number of carbonyl (C=O) groups excluding carboxylic acids is 2. The van der Waals surface area contributed by atoms with Crippen LogP contribution in [0.5, 0.6) is 23.0 Å². The van der Waals surface area contributed by atoms with Crippen LogP contribution in [0, 0.1) is 5.41 Å². The maximum absolute atomic E-state index is 12.6. The van der Waals surface area contributed by atoms with Gasteiger partial charge in [-0.2, -0.15) is 0 Å². The lowest BCUT2D eigenvalue weighted by Crippen LogP contribution is -2.30. The molecule has 0 unspecified atom stereocenters. The van der Waals surface area contributed by atoms with E-state index in [-0.39, 0.29) is 25.2 Å². The molecule has 0 amide bonds. The Hall–Kier alpha value is -3.54. The van der Waals surface area contributed by atoms with Crippen molar-refractivity contribution >= 4 is 23.7 Å². The van der Waals surface area contributed by atoms with Crippen LogP contribution in [-0.4, -0.2) is 25.2 Å². The van der Waals surface area contributed by atoms with Crippen molar-refractivity contribution in [2.24, 2.45) is 5.41 Å². The number of fused-ring (bicyclic) bond motifs is 2. The lowest BCUT2D eigenvalue weighted by molar-refractivity contribution is -0.132. The third kappa shape index (κ3) is 3.87. The monoisotopic (exact) mass is 392 g/mol. The molecule has 0 N–H and O–H groups in total. The van der Waals surface area contributed by atoms with Gasteiger partial charge in [0.1, 0.15) is 0 Å². The fourth-order valence-electron chi connectivity index (χ4n) is 2.92. The van der Waals surface area contributed by atoms with Gasteiger partial charge in [-0.05, 0) is 61.4 Å². The van der Waals surface area contributed by atoms with E-state index in [0.29, 0.717) is 23.0 Å². The summed E-state index contributed by atoms with van der Waals surface area (Å²) >= 11 is 0. The maximum Gasteiger partial charge on any atom is 0.231 e. The molecule has 6 nitrogen and oxygen atoms in total. The van der Waals surface area contributed by atoms with Crippen LogP contribution < -0.4 is 18.9 Å². The minimum absolute atomic E-state index is 0.193. The van der Waals surface area contributed by atoms with E-state index >= 15 is 0 Å². The zero-order valence-electron chi connectivity index (χ0n) is 16.1. The van der Waals surface area contributed by atoms with E-state index in [4.69, 9.17) is 18.9 Å². The van der Waals surface area contributed by atoms with E-state index in [1.165, 1.54) is 12.2 Å². The highest BCUT2D eigenvalue weighted by Gasteiger charge is 2.32. The van der Waals surface area contributed by atoms with E-state index in [9.17, 15) is 9.59 Å². The first-order chi connectivity index (χ1) is 13.9. The Balaban J connectivity index is 1.43. The Labute approximate surface area is 168 Å². The molecule has 6 heteroatoms. The molecule has 0 bridgehead atoms. The summed E-state index contributed by atoms with van der Waals surface area (Å²) in [6.45, 7) is 3.62. The Kier molecular flexibility index (Phi) is 4.84. The summed E-state index contributed by atoms with van der Waals surface area (Å²) in [6, 6.07) is 10.8. The highest BCUT2D eigenvalue weighted by molar-refractivity contribution is 6.16. The van der Waals surface area contributed by atoms with Gasteiger partial charge < -0.3 is 18.9 Å². The molecule has 0 saturated carbocycles. The zero-order chi connectivity index (χ0) is 20.4. The van der Waals surface area contributed by atoms with Gasteiger partial charge in [0.15, 0.2) is 34.6 Å². The predicted octanol–water partition coefficient (Wildman–Crippen LogP) is 4.04. The van der Waals surface area contributed by atoms with Crippen LogP contribution in [0.3, 0.4) is 0 Å². The molecule has 0 atom stereocenters. The van der Waals surface area contributed by atoms with E-state index < -0.39 is 5.41 Å². The summed E-state index contributed by atoms with van der Waals surface area (Å²) in [5.41, 5.74) is 0.406. The van der Waals surface area contributed by atoms with Crippen molar-refractivity contribution in [2.45, 2.75) is 13.8 Å². The van der Waals surface area contributed by atoms with Crippen molar-refractivity contribution in [3.05, 3.63) is 59.7 Å². The summed E-state index contributed by atoms with van der Waals surface area (Å²) < 4.78 is 21.2. The van der Waals surface area contributed by atoms with E-state index in [2.05, 4.69) is 0 Å². The normalized spacial score (nSPS) is 14.7. The van der Waals surface area contributed by atoms with Crippen LogP contribution in [0.2, 0.25) is 0 Å². The summed E-state index contributed by atoms with van der Waals surface area (Å²) in [6.07, 6.45) is 6.18. The highest BCUT2D eigenvalue weighted by Crippen LogP contribution is 2.34. The van der Waals surface area contributed by atoms with Crippen LogP contribution in [-0.2, 0) is 9.59 Å². The molecule has 4 rings (SSSR count). The van der Waals surface area contributed by atoms with E-state index in [1.54, 1.807) is 50.3 Å². The quantitative estimate of drug-likeness (QED) is 0.546. The number of ketones is 2. The molecule has 0 radical (unpaired) electrons. The van der Waals surface area contributed by atoms with Crippen molar-refractivity contribution in [1.82, 2.24) is 0 Å². The average molecular weight is 392 g/mol. The van der Waals surface area contributed by atoms with Crippen LogP contribution in [0.15, 0.2) is 48.6 Å². The molecule has 2 aliphatic heterocycles. The van der Waals surface area contributed by atoms with E-state index in [1.807, 2.05) is 12.1 Å². The first-order valence-corrected chi connectivity index (χ1v) is 9.18. The smallest absolute Gasteiger partial charge is 0.231 e. The molecule has 0 aliphatic carbocycles. The van der Waals surface area contributed by atoms with Gasteiger partial charge in [-0.15, -0.1) is 0 Å². The van der Waals surface area contributed by atoms with Gasteiger partial charge in [-0.1, -0.05) is 24.3 Å². The molecule has 2 heterocycles. The number of benzene rings is 2. The molecule has 0 aromatic heterocycles. The van der Waals surface area contributed by atoms with Gasteiger partial charge in [0.05, 0.1) is 5.41 Å². The van der Waals surface area contributed by atoms with Gasteiger partial charge in [0.2, 0.25) is 13.6 Å². The summed E-state index contributed by atoms with van der Waals surface area (Å²) in [5.74, 6) is 2.07. The fraction of sp³-hybridized carbons (Fsp3) is 0.217. The van der Waals surface area contributed by atoms with Gasteiger partial charge >= 0.3 is 0 Å². The molecule has 148 valence electrons. The van der Waals surface area contributed by atoms with Crippen molar-refractivity contribution in [2.75, 3.05) is 13.6 Å². The summed E-state index contributed by atoms with van der Waals surface area (Å²) in [7, 11) is 0. The fourth-order valence-corrected chi connectivity index (χ4v) is 2.92.